The number of H-pyrrole nitrogens is 1. The molecule has 5 nitrogen and oxygen atoms in total. The summed E-state index contributed by atoms with van der Waals surface area (Å²) in [7, 11) is 0. The Balaban J connectivity index is 1.95. The Bertz CT molecular complexity index is 914. The first-order chi connectivity index (χ1) is 11.9. The van der Waals surface area contributed by atoms with Gasteiger partial charge in [-0.25, -0.2) is 0 Å². The number of halogens is 2. The number of alkyl halides is 2. The zero-order chi connectivity index (χ0) is 18.1. The Labute approximate surface area is 146 Å². The van der Waals surface area contributed by atoms with Crippen LogP contribution >= 0.6 is 0 Å². The summed E-state index contributed by atoms with van der Waals surface area (Å²) in [5.41, 5.74) is 3.85. The zero-order valence-corrected chi connectivity index (χ0v) is 14.8. The van der Waals surface area contributed by atoms with Gasteiger partial charge in [-0.15, -0.1) is 0 Å². The largest absolute Gasteiger partial charge is 0.609 e. The smallest absolute Gasteiger partial charge is 0.387 e. The molecule has 2 heterocycles. The van der Waals surface area contributed by atoms with Crippen molar-refractivity contribution in [2.45, 2.75) is 38.3 Å². The van der Waals surface area contributed by atoms with Crippen LogP contribution in [0.15, 0.2) is 29.6 Å². The molecule has 2 aromatic heterocycles. The minimum absolute atomic E-state index is 0.104. The van der Waals surface area contributed by atoms with Crippen LogP contribution in [-0.4, -0.2) is 26.1 Å². The molecule has 8 heteroatoms. The molecular weight excluding hydrogens is 348 g/mol. The van der Waals surface area contributed by atoms with Crippen molar-refractivity contribution in [3.8, 4) is 5.75 Å². The van der Waals surface area contributed by atoms with Gasteiger partial charge in [-0.3, -0.25) is 9.97 Å². The van der Waals surface area contributed by atoms with E-state index in [1.165, 1.54) is 0 Å². The molecule has 0 aliphatic rings. The quantitative estimate of drug-likeness (QED) is 0.698. The summed E-state index contributed by atoms with van der Waals surface area (Å²) in [5, 5.41) is 0.289. The average molecular weight is 365 g/mol. The van der Waals surface area contributed by atoms with Gasteiger partial charge in [0.15, 0.2) is 5.75 Å². The fraction of sp³-hybridized carbons (Fsp3) is 0.294. The molecule has 0 bridgehead atoms. The van der Waals surface area contributed by atoms with Gasteiger partial charge in [0, 0.05) is 22.9 Å². The highest BCUT2D eigenvalue weighted by atomic mass is 32.2. The molecule has 0 aliphatic carbocycles. The molecular formula is C17H17F2N3O2S. The van der Waals surface area contributed by atoms with Crippen LogP contribution in [0.2, 0.25) is 0 Å². The highest BCUT2D eigenvalue weighted by molar-refractivity contribution is 7.90. The normalized spacial score (nSPS) is 12.8. The number of aromatic amines is 1. The third kappa shape index (κ3) is 3.59. The summed E-state index contributed by atoms with van der Waals surface area (Å²) in [6, 6.07) is 5.39. The van der Waals surface area contributed by atoms with Crippen LogP contribution in [-0.2, 0) is 16.9 Å². The van der Waals surface area contributed by atoms with E-state index in [0.29, 0.717) is 22.2 Å². The summed E-state index contributed by atoms with van der Waals surface area (Å²) < 4.78 is 42.4. The van der Waals surface area contributed by atoms with E-state index >= 15 is 0 Å². The van der Waals surface area contributed by atoms with E-state index in [-0.39, 0.29) is 16.7 Å². The van der Waals surface area contributed by atoms with Gasteiger partial charge in [-0.2, -0.15) is 13.8 Å². The standard InChI is InChI=1S/C17H17F2N3O2S/c1-9-5-4-6-20-13(9)8-25(23)17-21-12-7-10(2)15(24-16(18)19)11(3)14(12)22-17/h4-7,16H,8H2,1-3H3,(H,21,22). The van der Waals surface area contributed by atoms with E-state index in [1.807, 2.05) is 19.1 Å². The fourth-order valence-corrected chi connectivity index (χ4v) is 3.78. The molecule has 25 heavy (non-hydrogen) atoms. The molecule has 3 aromatic rings. The topological polar surface area (TPSA) is 73.9 Å². The van der Waals surface area contributed by atoms with Gasteiger partial charge in [0.1, 0.15) is 11.3 Å². The first-order valence-electron chi connectivity index (χ1n) is 7.60. The Kier molecular flexibility index (Phi) is 4.91. The lowest BCUT2D eigenvalue weighted by molar-refractivity contribution is -0.0506. The predicted molar refractivity (Wildman–Crippen MR) is 91.3 cm³/mol. The average Bonchev–Trinajstić information content (AvgIpc) is 2.97. The summed E-state index contributed by atoms with van der Waals surface area (Å²) in [6.45, 7) is 2.33. The summed E-state index contributed by atoms with van der Waals surface area (Å²) in [6.07, 6.45) is 1.65. The van der Waals surface area contributed by atoms with Crippen molar-refractivity contribution in [3.63, 3.8) is 0 Å². The van der Waals surface area contributed by atoms with Crippen molar-refractivity contribution < 1.29 is 18.1 Å². The van der Waals surface area contributed by atoms with Crippen LogP contribution in [0.4, 0.5) is 8.78 Å². The second kappa shape index (κ2) is 6.97. The van der Waals surface area contributed by atoms with E-state index in [2.05, 4.69) is 19.7 Å². The molecule has 0 amide bonds. The highest BCUT2D eigenvalue weighted by Crippen LogP contribution is 2.32. The van der Waals surface area contributed by atoms with E-state index < -0.39 is 17.8 Å². The Morgan fingerprint density at radius 2 is 2.04 bits per heavy atom. The number of pyridine rings is 1. The van der Waals surface area contributed by atoms with Gasteiger partial charge >= 0.3 is 11.8 Å². The van der Waals surface area contributed by atoms with Crippen molar-refractivity contribution >= 4 is 22.2 Å². The Morgan fingerprint density at radius 3 is 2.72 bits per heavy atom. The van der Waals surface area contributed by atoms with Crippen LogP contribution in [0, 0.1) is 20.8 Å². The molecule has 0 radical (unpaired) electrons. The van der Waals surface area contributed by atoms with Crippen LogP contribution in [0.25, 0.3) is 11.0 Å². The third-order valence-electron chi connectivity index (χ3n) is 3.93. The molecule has 1 aromatic carbocycles. The van der Waals surface area contributed by atoms with E-state index in [0.717, 1.165) is 11.3 Å². The van der Waals surface area contributed by atoms with Crippen molar-refractivity contribution in [2.24, 2.45) is 0 Å². The van der Waals surface area contributed by atoms with Gasteiger partial charge in [-0.05, 0) is 44.0 Å². The number of aromatic nitrogens is 3. The van der Waals surface area contributed by atoms with Gasteiger partial charge in [0.05, 0.1) is 11.2 Å². The number of hydrogen-bond donors (Lipinski definition) is 1. The number of ether oxygens (including phenoxy) is 1. The maximum atomic E-state index is 12.6. The molecule has 0 saturated carbocycles. The summed E-state index contributed by atoms with van der Waals surface area (Å²) in [4.78, 5) is 11.6. The molecule has 3 rings (SSSR count). The lowest BCUT2D eigenvalue weighted by atomic mass is 10.1. The number of fused-ring (bicyclic) bond motifs is 1. The number of imidazole rings is 1. The monoisotopic (exact) mass is 365 g/mol. The van der Waals surface area contributed by atoms with Crippen LogP contribution < -0.4 is 4.74 Å². The van der Waals surface area contributed by atoms with Crippen molar-refractivity contribution in [2.75, 3.05) is 0 Å². The number of rotatable bonds is 5. The lowest BCUT2D eigenvalue weighted by Gasteiger charge is -2.11. The Hall–Kier alpha value is -2.19. The van der Waals surface area contributed by atoms with Crippen molar-refractivity contribution in [1.29, 1.82) is 0 Å². The fourth-order valence-electron chi connectivity index (χ4n) is 2.68. The molecule has 132 valence electrons. The minimum atomic E-state index is -2.91. The summed E-state index contributed by atoms with van der Waals surface area (Å²) >= 11 is -1.43. The highest BCUT2D eigenvalue weighted by Gasteiger charge is 2.22. The van der Waals surface area contributed by atoms with Crippen LogP contribution in [0.1, 0.15) is 22.4 Å². The van der Waals surface area contributed by atoms with Crippen molar-refractivity contribution in [3.05, 3.63) is 46.8 Å². The Morgan fingerprint density at radius 1 is 1.28 bits per heavy atom. The van der Waals surface area contributed by atoms with Crippen LogP contribution in [0.3, 0.4) is 0 Å². The molecule has 1 N–H and O–H groups in total. The second-order valence-electron chi connectivity index (χ2n) is 5.72. The first-order valence-corrected chi connectivity index (χ1v) is 8.92. The molecule has 0 aliphatic heterocycles. The maximum Gasteiger partial charge on any atom is 0.387 e. The maximum absolute atomic E-state index is 12.6. The SMILES string of the molecule is Cc1cccnc1C[S+]([O-])c1nc2c(C)c(OC(F)F)c(C)cc2[nH]1. The zero-order valence-electron chi connectivity index (χ0n) is 14.0. The molecule has 0 fully saturated rings. The first kappa shape index (κ1) is 17.6. The molecule has 1 atom stereocenters. The van der Waals surface area contributed by atoms with Gasteiger partial charge in [0.25, 0.3) is 0 Å². The van der Waals surface area contributed by atoms with E-state index in [1.54, 1.807) is 26.1 Å². The predicted octanol–water partition coefficient (Wildman–Crippen LogP) is 3.79. The van der Waals surface area contributed by atoms with Gasteiger partial charge in [0.2, 0.25) is 0 Å². The van der Waals surface area contributed by atoms with E-state index in [4.69, 9.17) is 0 Å². The molecule has 0 spiro atoms. The lowest BCUT2D eigenvalue weighted by Crippen LogP contribution is -2.09. The molecule has 1 unspecified atom stereocenters. The minimum Gasteiger partial charge on any atom is -0.609 e. The summed E-state index contributed by atoms with van der Waals surface area (Å²) in [5.74, 6) is 0.331. The second-order valence-corrected chi connectivity index (χ2v) is 7.09. The number of hydrogen-bond acceptors (Lipinski definition) is 4. The van der Waals surface area contributed by atoms with Crippen molar-refractivity contribution in [1.82, 2.24) is 15.0 Å². The van der Waals surface area contributed by atoms with E-state index in [9.17, 15) is 13.3 Å². The van der Waals surface area contributed by atoms with Crippen LogP contribution in [0.5, 0.6) is 5.75 Å². The van der Waals surface area contributed by atoms with Gasteiger partial charge in [-0.1, -0.05) is 6.07 Å². The third-order valence-corrected chi connectivity index (χ3v) is 5.09. The number of aryl methyl sites for hydroxylation is 3. The van der Waals surface area contributed by atoms with Gasteiger partial charge < -0.3 is 9.29 Å². The number of nitrogens with one attached hydrogen (secondary N) is 1. The molecule has 0 saturated heterocycles. The number of benzene rings is 1. The number of nitrogens with zero attached hydrogens (tertiary/aromatic N) is 2.